The first-order valence-corrected chi connectivity index (χ1v) is 9.68. The van der Waals surface area contributed by atoms with Crippen LogP contribution in [0.15, 0.2) is 6.33 Å². The summed E-state index contributed by atoms with van der Waals surface area (Å²) in [4.78, 5) is 11.1. The number of aromatic nitrogens is 2. The normalized spacial score (nSPS) is 33.7. The second-order valence-corrected chi connectivity index (χ2v) is 8.56. The number of anilines is 3. The molecule has 0 radical (unpaired) electrons. The Hall–Kier alpha value is -1.52. The fourth-order valence-corrected chi connectivity index (χ4v) is 5.81. The number of nitrogens with two attached hydrogens (primary N) is 1. The summed E-state index contributed by atoms with van der Waals surface area (Å²) in [7, 11) is 2.07. The summed E-state index contributed by atoms with van der Waals surface area (Å²) < 4.78 is 0. The molecule has 4 aliphatic rings. The largest absolute Gasteiger partial charge is 0.393 e. The Morgan fingerprint density at radius 3 is 2.38 bits per heavy atom. The van der Waals surface area contributed by atoms with E-state index >= 15 is 0 Å². The van der Waals surface area contributed by atoms with Gasteiger partial charge in [0.15, 0.2) is 11.6 Å². The quantitative estimate of drug-likeness (QED) is 0.833. The Labute approximate surface area is 145 Å². The summed E-state index contributed by atoms with van der Waals surface area (Å²) in [5.41, 5.74) is 7.40. The fraction of sp³-hybridized carbons (Fsp3) is 0.789. The number of unbranched alkanes of at least 4 members (excludes halogenated alkanes) is 1. The molecule has 0 amide bonds. The van der Waals surface area contributed by atoms with E-state index in [0.717, 1.165) is 42.4 Å². The van der Waals surface area contributed by atoms with Gasteiger partial charge in [-0.3, -0.25) is 0 Å². The van der Waals surface area contributed by atoms with Gasteiger partial charge in [-0.05, 0) is 62.7 Å². The molecule has 24 heavy (non-hydrogen) atoms. The molecule has 1 aromatic rings. The van der Waals surface area contributed by atoms with Crippen molar-refractivity contribution in [3.05, 3.63) is 6.33 Å². The molecule has 0 aliphatic heterocycles. The van der Waals surface area contributed by atoms with Crippen molar-refractivity contribution in [3.63, 3.8) is 0 Å². The standard InChI is InChI=1S/C19H31N5/c1-3-4-5-24(2)18-16(20)17(21-12-22-18)23-19-9-13-6-14(10-19)8-15(7-13)11-19/h12-15H,3-11,20H2,1-2H3,(H,21,22,23). The van der Waals surface area contributed by atoms with E-state index in [2.05, 4.69) is 34.2 Å². The predicted octanol–water partition coefficient (Wildman–Crippen LogP) is 3.68. The molecule has 4 fully saturated rings. The highest BCUT2D eigenvalue weighted by molar-refractivity contribution is 5.75. The van der Waals surface area contributed by atoms with Crippen molar-refractivity contribution in [1.29, 1.82) is 0 Å². The van der Waals surface area contributed by atoms with Crippen LogP contribution in [0.5, 0.6) is 0 Å². The monoisotopic (exact) mass is 329 g/mol. The van der Waals surface area contributed by atoms with Gasteiger partial charge in [-0.15, -0.1) is 0 Å². The van der Waals surface area contributed by atoms with Crippen LogP contribution in [0.1, 0.15) is 58.3 Å². The van der Waals surface area contributed by atoms with Gasteiger partial charge in [0.1, 0.15) is 12.0 Å². The summed E-state index contributed by atoms with van der Waals surface area (Å²) in [5.74, 6) is 4.46. The van der Waals surface area contributed by atoms with Crippen LogP contribution >= 0.6 is 0 Å². The minimum atomic E-state index is 0.233. The number of nitrogen functional groups attached to an aromatic ring is 1. The molecular formula is C19H31N5. The Bertz CT molecular complexity index is 564. The third-order valence-corrected chi connectivity index (χ3v) is 6.49. The lowest BCUT2D eigenvalue weighted by atomic mass is 9.53. The van der Waals surface area contributed by atoms with Crippen LogP contribution in [0, 0.1) is 17.8 Å². The SMILES string of the molecule is CCCCN(C)c1ncnc(NC23CC4CC(CC(C4)C2)C3)c1N. The second kappa shape index (κ2) is 6.08. The first-order chi connectivity index (χ1) is 11.6. The van der Waals surface area contributed by atoms with E-state index in [0.29, 0.717) is 5.69 Å². The minimum Gasteiger partial charge on any atom is -0.393 e. The van der Waals surface area contributed by atoms with Crippen molar-refractivity contribution < 1.29 is 0 Å². The molecule has 0 aromatic carbocycles. The molecule has 1 aromatic heterocycles. The highest BCUT2D eigenvalue weighted by atomic mass is 15.2. The van der Waals surface area contributed by atoms with Gasteiger partial charge in [-0.2, -0.15) is 0 Å². The third-order valence-electron chi connectivity index (χ3n) is 6.49. The highest BCUT2D eigenvalue weighted by Crippen LogP contribution is 2.56. The highest BCUT2D eigenvalue weighted by Gasteiger charge is 2.51. The molecule has 4 bridgehead atoms. The maximum Gasteiger partial charge on any atom is 0.157 e. The lowest BCUT2D eigenvalue weighted by Gasteiger charge is -2.57. The number of rotatable bonds is 6. The minimum absolute atomic E-state index is 0.233. The molecule has 0 unspecified atom stereocenters. The van der Waals surface area contributed by atoms with Gasteiger partial charge in [0.25, 0.3) is 0 Å². The molecule has 0 atom stereocenters. The lowest BCUT2D eigenvalue weighted by Crippen LogP contribution is -2.55. The van der Waals surface area contributed by atoms with Crippen molar-refractivity contribution >= 4 is 17.3 Å². The van der Waals surface area contributed by atoms with E-state index in [1.54, 1.807) is 6.33 Å². The molecule has 3 N–H and O–H groups in total. The van der Waals surface area contributed by atoms with Crippen LogP contribution in [-0.4, -0.2) is 29.1 Å². The van der Waals surface area contributed by atoms with E-state index in [1.165, 1.54) is 44.9 Å². The summed E-state index contributed by atoms with van der Waals surface area (Å²) in [6.45, 7) is 3.19. The number of nitrogens with one attached hydrogen (secondary N) is 1. The van der Waals surface area contributed by atoms with E-state index in [-0.39, 0.29) is 5.54 Å². The van der Waals surface area contributed by atoms with Crippen molar-refractivity contribution in [1.82, 2.24) is 9.97 Å². The summed E-state index contributed by atoms with van der Waals surface area (Å²) in [6, 6.07) is 0. The summed E-state index contributed by atoms with van der Waals surface area (Å²) >= 11 is 0. The molecular weight excluding hydrogens is 298 g/mol. The third kappa shape index (κ3) is 2.82. The number of hydrogen-bond acceptors (Lipinski definition) is 5. The molecule has 4 aliphatic carbocycles. The smallest absolute Gasteiger partial charge is 0.157 e. The average Bonchev–Trinajstić information content (AvgIpc) is 2.53. The number of hydrogen-bond donors (Lipinski definition) is 2. The van der Waals surface area contributed by atoms with Gasteiger partial charge in [0.05, 0.1) is 0 Å². The molecule has 0 saturated heterocycles. The van der Waals surface area contributed by atoms with Crippen molar-refractivity contribution in [2.45, 2.75) is 63.8 Å². The van der Waals surface area contributed by atoms with Crippen LogP contribution in [0.3, 0.4) is 0 Å². The molecule has 0 spiro atoms. The van der Waals surface area contributed by atoms with Gasteiger partial charge in [-0.1, -0.05) is 13.3 Å². The van der Waals surface area contributed by atoms with E-state index in [9.17, 15) is 0 Å². The topological polar surface area (TPSA) is 67.1 Å². The molecule has 5 heteroatoms. The van der Waals surface area contributed by atoms with Gasteiger partial charge < -0.3 is 16.0 Å². The van der Waals surface area contributed by atoms with Crippen molar-refractivity contribution in [2.24, 2.45) is 17.8 Å². The van der Waals surface area contributed by atoms with E-state index in [1.807, 2.05) is 0 Å². The maximum absolute atomic E-state index is 6.46. The van der Waals surface area contributed by atoms with Crippen molar-refractivity contribution in [3.8, 4) is 0 Å². The first kappa shape index (κ1) is 16.0. The Balaban J connectivity index is 1.55. The lowest BCUT2D eigenvalue weighted by molar-refractivity contribution is 0.0106. The molecule has 1 heterocycles. The summed E-state index contributed by atoms with van der Waals surface area (Å²) in [5, 5.41) is 3.80. The second-order valence-electron chi connectivity index (χ2n) is 8.56. The maximum atomic E-state index is 6.46. The zero-order chi connectivity index (χ0) is 16.7. The van der Waals surface area contributed by atoms with Crippen LogP contribution in [-0.2, 0) is 0 Å². The predicted molar refractivity (Wildman–Crippen MR) is 99.1 cm³/mol. The van der Waals surface area contributed by atoms with Gasteiger partial charge >= 0.3 is 0 Å². The van der Waals surface area contributed by atoms with Crippen LogP contribution in [0.4, 0.5) is 17.3 Å². The van der Waals surface area contributed by atoms with Crippen LogP contribution in [0.25, 0.3) is 0 Å². The molecule has 132 valence electrons. The first-order valence-electron chi connectivity index (χ1n) is 9.68. The van der Waals surface area contributed by atoms with Gasteiger partial charge in [0.2, 0.25) is 0 Å². The molecule has 4 saturated carbocycles. The zero-order valence-electron chi connectivity index (χ0n) is 15.1. The average molecular weight is 329 g/mol. The van der Waals surface area contributed by atoms with E-state index < -0.39 is 0 Å². The van der Waals surface area contributed by atoms with E-state index in [4.69, 9.17) is 5.73 Å². The number of nitrogens with zero attached hydrogens (tertiary/aromatic N) is 3. The van der Waals surface area contributed by atoms with Crippen molar-refractivity contribution in [2.75, 3.05) is 29.5 Å². The fourth-order valence-electron chi connectivity index (χ4n) is 5.81. The van der Waals surface area contributed by atoms with Gasteiger partial charge in [-0.25, -0.2) is 9.97 Å². The Morgan fingerprint density at radius 1 is 1.17 bits per heavy atom. The Morgan fingerprint density at radius 2 is 1.79 bits per heavy atom. The van der Waals surface area contributed by atoms with Crippen LogP contribution < -0.4 is 16.0 Å². The van der Waals surface area contributed by atoms with Crippen LogP contribution in [0.2, 0.25) is 0 Å². The molecule has 5 rings (SSSR count). The molecule has 5 nitrogen and oxygen atoms in total. The Kier molecular flexibility index (Phi) is 4.05. The summed E-state index contributed by atoms with van der Waals surface area (Å²) in [6.07, 6.45) is 12.2. The van der Waals surface area contributed by atoms with Gasteiger partial charge in [0, 0.05) is 19.1 Å². The zero-order valence-corrected chi connectivity index (χ0v) is 15.1.